The number of aryl methyl sites for hydroxylation is 1. The maximum Gasteiger partial charge on any atom is 0.164 e. The van der Waals surface area contributed by atoms with E-state index in [0.29, 0.717) is 17.5 Å². The fourth-order valence-electron chi connectivity index (χ4n) is 6.57. The van der Waals surface area contributed by atoms with Crippen molar-refractivity contribution in [3.8, 4) is 56.4 Å². The molecule has 9 rings (SSSR count). The van der Waals surface area contributed by atoms with E-state index in [1.807, 2.05) is 48.5 Å². The van der Waals surface area contributed by atoms with Gasteiger partial charge in [0.15, 0.2) is 17.5 Å². The number of nitrogens with zero attached hydrogens (tertiary/aromatic N) is 3. The third-order valence-corrected chi connectivity index (χ3v) is 8.95. The maximum absolute atomic E-state index is 6.27. The van der Waals surface area contributed by atoms with Crippen LogP contribution in [0.1, 0.15) is 5.56 Å². The molecule has 4 nitrogen and oxygen atoms in total. The lowest BCUT2D eigenvalue weighted by atomic mass is 9.97. The average Bonchev–Trinajstić information content (AvgIpc) is 3.53. The van der Waals surface area contributed by atoms with E-state index in [1.54, 1.807) is 0 Å². The topological polar surface area (TPSA) is 51.8 Å². The van der Waals surface area contributed by atoms with Crippen molar-refractivity contribution in [2.45, 2.75) is 6.92 Å². The van der Waals surface area contributed by atoms with Crippen molar-refractivity contribution in [3.63, 3.8) is 0 Å². The number of hydrogen-bond acceptors (Lipinski definition) is 4. The molecule has 7 aromatic carbocycles. The Labute approximate surface area is 278 Å². The highest BCUT2D eigenvalue weighted by atomic mass is 16.3. The van der Waals surface area contributed by atoms with Gasteiger partial charge in [-0.25, -0.2) is 15.0 Å². The van der Waals surface area contributed by atoms with Crippen LogP contribution in [0.4, 0.5) is 0 Å². The number of furan rings is 1. The lowest BCUT2D eigenvalue weighted by Gasteiger charge is -2.11. The molecule has 2 heterocycles. The van der Waals surface area contributed by atoms with Gasteiger partial charge in [-0.3, -0.25) is 0 Å². The second kappa shape index (κ2) is 11.4. The van der Waals surface area contributed by atoms with Crippen LogP contribution in [0.3, 0.4) is 0 Å². The number of rotatable bonds is 5. The van der Waals surface area contributed by atoms with E-state index >= 15 is 0 Å². The minimum atomic E-state index is 0.615. The molecule has 48 heavy (non-hydrogen) atoms. The zero-order valence-electron chi connectivity index (χ0n) is 26.3. The average molecular weight is 616 g/mol. The Morgan fingerprint density at radius 2 is 1.00 bits per heavy atom. The minimum Gasteiger partial charge on any atom is -0.456 e. The quantitative estimate of drug-likeness (QED) is 0.193. The van der Waals surface area contributed by atoms with Gasteiger partial charge < -0.3 is 4.42 Å². The van der Waals surface area contributed by atoms with E-state index in [4.69, 9.17) is 19.4 Å². The molecule has 0 aliphatic rings. The van der Waals surface area contributed by atoms with Crippen LogP contribution in [-0.4, -0.2) is 15.0 Å². The van der Waals surface area contributed by atoms with E-state index in [9.17, 15) is 0 Å². The summed E-state index contributed by atoms with van der Waals surface area (Å²) in [7, 11) is 0. The van der Waals surface area contributed by atoms with Crippen molar-refractivity contribution in [3.05, 3.63) is 163 Å². The number of hydrogen-bond donors (Lipinski definition) is 0. The molecule has 0 saturated carbocycles. The smallest absolute Gasteiger partial charge is 0.164 e. The molecule has 226 valence electrons. The minimum absolute atomic E-state index is 0.615. The second-order valence-corrected chi connectivity index (χ2v) is 12.2. The molecule has 4 heteroatoms. The molecule has 0 bridgehead atoms. The molecule has 0 amide bonds. The Hall–Kier alpha value is -6.39. The highest BCUT2D eigenvalue weighted by Crippen LogP contribution is 2.38. The van der Waals surface area contributed by atoms with Crippen LogP contribution in [-0.2, 0) is 0 Å². The molecule has 0 aliphatic heterocycles. The third-order valence-electron chi connectivity index (χ3n) is 8.95. The highest BCUT2D eigenvalue weighted by molar-refractivity contribution is 6.12. The fraction of sp³-hybridized carbons (Fsp3) is 0.0227. The van der Waals surface area contributed by atoms with Crippen molar-refractivity contribution in [1.29, 1.82) is 0 Å². The van der Waals surface area contributed by atoms with Crippen LogP contribution < -0.4 is 0 Å². The van der Waals surface area contributed by atoms with Crippen LogP contribution in [0.15, 0.2) is 162 Å². The first-order valence-corrected chi connectivity index (χ1v) is 16.1. The van der Waals surface area contributed by atoms with E-state index in [-0.39, 0.29) is 0 Å². The Balaban J connectivity index is 1.15. The third kappa shape index (κ3) is 5.01. The number of benzene rings is 7. The van der Waals surface area contributed by atoms with Gasteiger partial charge in [0.25, 0.3) is 0 Å². The summed E-state index contributed by atoms with van der Waals surface area (Å²) in [4.78, 5) is 15.2. The van der Waals surface area contributed by atoms with Gasteiger partial charge in [-0.2, -0.15) is 0 Å². The predicted molar refractivity (Wildman–Crippen MR) is 197 cm³/mol. The first-order chi connectivity index (χ1) is 23.7. The largest absolute Gasteiger partial charge is 0.456 e. The van der Waals surface area contributed by atoms with Crippen molar-refractivity contribution >= 4 is 32.7 Å². The van der Waals surface area contributed by atoms with Gasteiger partial charge in [-0.05, 0) is 75.8 Å². The molecule has 0 unspecified atom stereocenters. The van der Waals surface area contributed by atoms with Crippen molar-refractivity contribution < 1.29 is 4.42 Å². The number of aromatic nitrogens is 3. The lowest BCUT2D eigenvalue weighted by Crippen LogP contribution is -2.00. The van der Waals surface area contributed by atoms with Gasteiger partial charge >= 0.3 is 0 Å². The molecular weight excluding hydrogens is 587 g/mol. The summed E-state index contributed by atoms with van der Waals surface area (Å²) >= 11 is 0. The van der Waals surface area contributed by atoms with Crippen molar-refractivity contribution in [2.24, 2.45) is 0 Å². The SMILES string of the molecule is Cc1cc(-c2nc(-c3ccccc3)nc(-c3cccc(-c4ccc(-c5ccc6ccccc6c5)cc4)c3)n2)c2c(c1)oc1ccccc12. The van der Waals surface area contributed by atoms with Gasteiger partial charge in [-0.1, -0.05) is 127 Å². The van der Waals surface area contributed by atoms with Crippen LogP contribution >= 0.6 is 0 Å². The number of para-hydroxylation sites is 1. The standard InChI is InChI=1S/C44H29N3O/c1-28-24-38(41-37-16-7-8-17-39(37)48-40(41)25-28)44-46-42(32-11-3-2-4-12-32)45-43(47-44)36-15-9-14-34(27-36)30-18-20-31(21-19-30)35-23-22-29-10-5-6-13-33(29)26-35/h2-27H,1H3. The zero-order valence-corrected chi connectivity index (χ0v) is 26.3. The van der Waals surface area contributed by atoms with E-state index in [2.05, 4.69) is 116 Å². The summed E-state index contributed by atoms with van der Waals surface area (Å²) < 4.78 is 6.27. The van der Waals surface area contributed by atoms with Crippen LogP contribution in [0.25, 0.3) is 89.1 Å². The van der Waals surface area contributed by atoms with Gasteiger partial charge in [0.05, 0.1) is 0 Å². The summed E-state index contributed by atoms with van der Waals surface area (Å²) in [5.41, 5.74) is 10.1. The van der Waals surface area contributed by atoms with E-state index in [0.717, 1.165) is 55.3 Å². The van der Waals surface area contributed by atoms with Crippen molar-refractivity contribution in [2.75, 3.05) is 0 Å². The molecule has 0 radical (unpaired) electrons. The normalized spacial score (nSPS) is 11.4. The molecule has 0 spiro atoms. The molecule has 0 saturated heterocycles. The monoisotopic (exact) mass is 615 g/mol. The van der Waals surface area contributed by atoms with Crippen molar-refractivity contribution in [1.82, 2.24) is 15.0 Å². The molecule has 9 aromatic rings. The first-order valence-electron chi connectivity index (χ1n) is 16.1. The van der Waals surface area contributed by atoms with Crippen LogP contribution in [0.5, 0.6) is 0 Å². The Morgan fingerprint density at radius 1 is 0.396 bits per heavy atom. The summed E-state index contributed by atoms with van der Waals surface area (Å²) in [5.74, 6) is 1.86. The predicted octanol–water partition coefficient (Wildman–Crippen LogP) is 11.6. The van der Waals surface area contributed by atoms with Crippen LogP contribution in [0.2, 0.25) is 0 Å². The zero-order chi connectivity index (χ0) is 32.0. The Bertz CT molecular complexity index is 2620. The van der Waals surface area contributed by atoms with E-state index < -0.39 is 0 Å². The summed E-state index contributed by atoms with van der Waals surface area (Å²) in [6.45, 7) is 2.07. The molecule has 0 fully saturated rings. The van der Waals surface area contributed by atoms with Gasteiger partial charge in [0, 0.05) is 27.5 Å². The summed E-state index contributed by atoms with van der Waals surface area (Å²) in [6, 6.07) is 54.7. The molecule has 0 atom stereocenters. The van der Waals surface area contributed by atoms with E-state index in [1.165, 1.54) is 21.9 Å². The van der Waals surface area contributed by atoms with Gasteiger partial charge in [0.1, 0.15) is 11.2 Å². The molecule has 0 aliphatic carbocycles. The Morgan fingerprint density at radius 3 is 1.81 bits per heavy atom. The van der Waals surface area contributed by atoms with Gasteiger partial charge in [-0.15, -0.1) is 0 Å². The fourth-order valence-corrected chi connectivity index (χ4v) is 6.57. The maximum atomic E-state index is 6.27. The highest BCUT2D eigenvalue weighted by Gasteiger charge is 2.18. The first kappa shape index (κ1) is 27.9. The molecule has 2 aromatic heterocycles. The van der Waals surface area contributed by atoms with Crippen LogP contribution in [0, 0.1) is 6.92 Å². The second-order valence-electron chi connectivity index (χ2n) is 12.2. The summed E-state index contributed by atoms with van der Waals surface area (Å²) in [5, 5.41) is 4.54. The molecular formula is C44H29N3O. The molecule has 0 N–H and O–H groups in total. The van der Waals surface area contributed by atoms with Gasteiger partial charge in [0.2, 0.25) is 0 Å². The lowest BCUT2D eigenvalue weighted by molar-refractivity contribution is 0.668. The Kier molecular flexibility index (Phi) is 6.65. The summed E-state index contributed by atoms with van der Waals surface area (Å²) in [6.07, 6.45) is 0. The number of fused-ring (bicyclic) bond motifs is 4.